The average molecular weight is 317 g/mol. The van der Waals surface area contributed by atoms with E-state index in [4.69, 9.17) is 0 Å². The summed E-state index contributed by atoms with van der Waals surface area (Å²) in [7, 11) is -3.58. The van der Waals surface area contributed by atoms with Gasteiger partial charge >= 0.3 is 0 Å². The highest BCUT2D eigenvalue weighted by atomic mass is 32.2. The van der Waals surface area contributed by atoms with E-state index in [-0.39, 0.29) is 23.4 Å². The molecule has 1 aromatic rings. The molecule has 118 valence electrons. The highest BCUT2D eigenvalue weighted by Crippen LogP contribution is 2.16. The lowest BCUT2D eigenvalue weighted by molar-refractivity contribution is 0.477. The van der Waals surface area contributed by atoms with Gasteiger partial charge in [0.1, 0.15) is 0 Å². The second-order valence-corrected chi connectivity index (χ2v) is 8.01. The molecule has 1 rings (SSSR count). The van der Waals surface area contributed by atoms with Gasteiger partial charge in [-0.25, -0.2) is 8.42 Å². The summed E-state index contributed by atoms with van der Waals surface area (Å²) in [4.78, 5) is 0.271. The monoisotopic (exact) mass is 317 g/mol. The highest BCUT2D eigenvalue weighted by molar-refractivity contribution is 7.89. The molecule has 0 aliphatic carbocycles. The molecule has 22 heavy (non-hydrogen) atoms. The molecule has 0 aliphatic rings. The third kappa shape index (κ3) is 5.54. The van der Waals surface area contributed by atoms with Crippen molar-refractivity contribution >= 4 is 10.0 Å². The Kier molecular flexibility index (Phi) is 6.20. The van der Waals surface area contributed by atoms with Crippen LogP contribution >= 0.6 is 0 Å². The number of hydrogen-bond acceptors (Lipinski definition) is 2. The summed E-state index contributed by atoms with van der Waals surface area (Å²) in [6, 6.07) is 6.81. The lowest BCUT2D eigenvalue weighted by Crippen LogP contribution is -2.31. The minimum absolute atomic E-state index is 0.145. The van der Waals surface area contributed by atoms with Crippen LogP contribution in [-0.4, -0.2) is 25.8 Å². The second kappa shape index (κ2) is 7.47. The molecule has 0 aromatic heterocycles. The summed E-state index contributed by atoms with van der Waals surface area (Å²) >= 11 is 0. The fraction of sp³-hybridized carbons (Fsp3) is 0.389. The quantitative estimate of drug-likeness (QED) is 0.617. The van der Waals surface area contributed by atoms with E-state index in [9.17, 15) is 8.42 Å². The van der Waals surface area contributed by atoms with Crippen molar-refractivity contribution < 1.29 is 8.42 Å². The average Bonchev–Trinajstić information content (AvgIpc) is 2.41. The molecule has 0 atom stereocenters. The molecule has 0 amide bonds. The molecule has 0 unspecified atom stereocenters. The van der Waals surface area contributed by atoms with Crippen molar-refractivity contribution in [3.05, 3.63) is 48.2 Å². The maximum Gasteiger partial charge on any atom is 0.244 e. The van der Waals surface area contributed by atoms with Gasteiger partial charge in [0.05, 0.1) is 11.4 Å². The summed E-state index contributed by atoms with van der Waals surface area (Å²) in [6.07, 6.45) is 1.59. The summed E-state index contributed by atoms with van der Waals surface area (Å²) in [5.74, 6) is 6.01. The number of rotatable bonds is 5. The summed E-state index contributed by atoms with van der Waals surface area (Å²) < 4.78 is 26.7. The minimum atomic E-state index is -3.58. The predicted octanol–water partition coefficient (Wildman–Crippen LogP) is 3.38. The van der Waals surface area contributed by atoms with Gasteiger partial charge in [0, 0.05) is 12.0 Å². The fourth-order valence-electron chi connectivity index (χ4n) is 1.67. The van der Waals surface area contributed by atoms with E-state index in [0.29, 0.717) is 0 Å². The zero-order chi connectivity index (χ0) is 16.8. The standard InChI is InChI=1S/C18H23NO2S/c1-6-7-14-19(15-8-13-18(3,4)5)22(20,21)17-11-9-16(2)10-12-17/h7,9-12H,1,14-15H2,2-5H3. The molecule has 4 heteroatoms. The zero-order valence-electron chi connectivity index (χ0n) is 13.7. The fourth-order valence-corrected chi connectivity index (χ4v) is 2.95. The van der Waals surface area contributed by atoms with E-state index in [0.717, 1.165) is 5.56 Å². The lowest BCUT2D eigenvalue weighted by Gasteiger charge is -2.18. The van der Waals surface area contributed by atoms with Crippen LogP contribution in [-0.2, 0) is 10.0 Å². The molecular formula is C18H23NO2S. The first kappa shape index (κ1) is 18.3. The van der Waals surface area contributed by atoms with Crippen LogP contribution in [0, 0.1) is 24.2 Å². The van der Waals surface area contributed by atoms with Gasteiger partial charge in [0.15, 0.2) is 0 Å². The molecule has 0 fully saturated rings. The maximum absolute atomic E-state index is 12.7. The Morgan fingerprint density at radius 3 is 2.32 bits per heavy atom. The molecule has 0 radical (unpaired) electrons. The largest absolute Gasteiger partial charge is 0.244 e. The van der Waals surface area contributed by atoms with Crippen LogP contribution in [0.1, 0.15) is 26.3 Å². The van der Waals surface area contributed by atoms with Crippen molar-refractivity contribution in [2.75, 3.05) is 13.1 Å². The summed E-state index contributed by atoms with van der Waals surface area (Å²) in [5, 5.41) is 0. The smallest absolute Gasteiger partial charge is 0.207 e. The van der Waals surface area contributed by atoms with Crippen LogP contribution in [0.15, 0.2) is 47.5 Å². The van der Waals surface area contributed by atoms with Crippen LogP contribution in [0.25, 0.3) is 0 Å². The molecular weight excluding hydrogens is 294 g/mol. The Morgan fingerprint density at radius 2 is 1.82 bits per heavy atom. The molecule has 0 aliphatic heterocycles. The predicted molar refractivity (Wildman–Crippen MR) is 90.9 cm³/mol. The lowest BCUT2D eigenvalue weighted by atomic mass is 9.98. The van der Waals surface area contributed by atoms with Crippen molar-refractivity contribution in [3.8, 4) is 11.8 Å². The van der Waals surface area contributed by atoms with E-state index in [1.165, 1.54) is 4.31 Å². The van der Waals surface area contributed by atoms with Gasteiger partial charge in [-0.05, 0) is 45.9 Å². The third-order valence-electron chi connectivity index (χ3n) is 2.82. The minimum Gasteiger partial charge on any atom is -0.207 e. The van der Waals surface area contributed by atoms with Gasteiger partial charge in [-0.3, -0.25) is 0 Å². The summed E-state index contributed by atoms with van der Waals surface area (Å²) in [6.45, 7) is 11.7. The molecule has 1 aromatic carbocycles. The van der Waals surface area contributed by atoms with Crippen LogP contribution < -0.4 is 0 Å². The van der Waals surface area contributed by atoms with Crippen molar-refractivity contribution in [1.29, 1.82) is 0 Å². The van der Waals surface area contributed by atoms with Crippen LogP contribution in [0.2, 0.25) is 0 Å². The number of aryl methyl sites for hydroxylation is 1. The van der Waals surface area contributed by atoms with Gasteiger partial charge in [0.25, 0.3) is 0 Å². The van der Waals surface area contributed by atoms with E-state index in [1.54, 1.807) is 30.3 Å². The Morgan fingerprint density at radius 1 is 1.23 bits per heavy atom. The maximum atomic E-state index is 12.7. The SMILES string of the molecule is C=C=CCN(CC#CC(C)(C)C)S(=O)(=O)c1ccc(C)cc1. The second-order valence-electron chi connectivity index (χ2n) is 6.07. The number of sulfonamides is 1. The normalized spacial score (nSPS) is 11.5. The number of hydrogen-bond donors (Lipinski definition) is 0. The van der Waals surface area contributed by atoms with E-state index >= 15 is 0 Å². The Bertz CT molecular complexity index is 707. The first-order valence-corrected chi connectivity index (χ1v) is 8.52. The van der Waals surface area contributed by atoms with E-state index < -0.39 is 10.0 Å². The molecule has 3 nitrogen and oxygen atoms in total. The number of benzene rings is 1. The van der Waals surface area contributed by atoms with Crippen LogP contribution in [0.5, 0.6) is 0 Å². The van der Waals surface area contributed by atoms with Gasteiger partial charge in [-0.1, -0.05) is 36.1 Å². The van der Waals surface area contributed by atoms with Crippen molar-refractivity contribution in [2.24, 2.45) is 5.41 Å². The van der Waals surface area contributed by atoms with E-state index in [1.807, 2.05) is 27.7 Å². The molecule has 0 N–H and O–H groups in total. The van der Waals surface area contributed by atoms with Crippen LogP contribution in [0.4, 0.5) is 0 Å². The van der Waals surface area contributed by atoms with E-state index in [2.05, 4.69) is 24.2 Å². The Labute approximate surface area is 134 Å². The van der Waals surface area contributed by atoms with Crippen molar-refractivity contribution in [3.63, 3.8) is 0 Å². The number of nitrogens with zero attached hydrogens (tertiary/aromatic N) is 1. The first-order valence-electron chi connectivity index (χ1n) is 7.08. The zero-order valence-corrected chi connectivity index (χ0v) is 14.5. The van der Waals surface area contributed by atoms with Gasteiger partial charge < -0.3 is 0 Å². The molecule has 0 heterocycles. The Hall–Kier alpha value is -1.79. The summed E-state index contributed by atoms with van der Waals surface area (Å²) in [5.41, 5.74) is 3.47. The van der Waals surface area contributed by atoms with Crippen LogP contribution in [0.3, 0.4) is 0 Å². The van der Waals surface area contributed by atoms with Gasteiger partial charge in [-0.15, -0.1) is 5.73 Å². The van der Waals surface area contributed by atoms with Gasteiger partial charge in [-0.2, -0.15) is 4.31 Å². The Balaban J connectivity index is 3.11. The third-order valence-corrected chi connectivity index (χ3v) is 4.64. The molecule has 0 saturated heterocycles. The molecule has 0 spiro atoms. The first-order chi connectivity index (χ1) is 10.2. The molecule has 0 bridgehead atoms. The molecule has 0 saturated carbocycles. The van der Waals surface area contributed by atoms with Crippen molar-refractivity contribution in [1.82, 2.24) is 4.31 Å². The van der Waals surface area contributed by atoms with Crippen molar-refractivity contribution in [2.45, 2.75) is 32.6 Å². The topological polar surface area (TPSA) is 37.4 Å². The van der Waals surface area contributed by atoms with Gasteiger partial charge in [0.2, 0.25) is 10.0 Å². The highest BCUT2D eigenvalue weighted by Gasteiger charge is 2.22.